The van der Waals surface area contributed by atoms with E-state index in [2.05, 4.69) is 51.7 Å². The molecular formula is C44H73N3O11. The van der Waals surface area contributed by atoms with Crippen molar-refractivity contribution < 1.29 is 52.3 Å². The highest BCUT2D eigenvalue weighted by Gasteiger charge is 2.52. The predicted octanol–water partition coefficient (Wildman–Crippen LogP) is 6.83. The Hall–Kier alpha value is -2.72. The molecule has 15 atom stereocenters. The van der Waals surface area contributed by atoms with Gasteiger partial charge in [-0.1, -0.05) is 41.5 Å². The second-order valence-corrected chi connectivity index (χ2v) is 18.5. The molecule has 4 rings (SSSR count). The third-order valence-corrected chi connectivity index (χ3v) is 13.0. The van der Waals surface area contributed by atoms with Gasteiger partial charge in [-0.25, -0.2) is 14.3 Å². The molecule has 2 fully saturated rings. The number of cyclic esters (lactones) is 1. The van der Waals surface area contributed by atoms with Gasteiger partial charge in [0.2, 0.25) is 0 Å². The Morgan fingerprint density at radius 2 is 1.64 bits per heavy atom. The van der Waals surface area contributed by atoms with E-state index in [1.165, 1.54) is 23.3 Å². The monoisotopic (exact) mass is 820 g/mol. The fraction of sp³-hybridized carbons (Fsp3) is 0.818. The zero-order valence-electron chi connectivity index (χ0n) is 38.0. The first-order valence-electron chi connectivity index (χ1n) is 21.0. The van der Waals surface area contributed by atoms with Crippen molar-refractivity contribution in [2.45, 2.75) is 175 Å². The van der Waals surface area contributed by atoms with E-state index in [4.69, 9.17) is 37.9 Å². The summed E-state index contributed by atoms with van der Waals surface area (Å²) in [5, 5.41) is 0. The molecule has 0 aliphatic carbocycles. The van der Waals surface area contributed by atoms with Gasteiger partial charge in [-0.2, -0.15) is 0 Å². The first kappa shape index (κ1) is 48.0. The molecule has 0 spiro atoms. The number of aromatic nitrogens is 2. The molecule has 0 aromatic carbocycles. The van der Waals surface area contributed by atoms with Crippen LogP contribution in [0.5, 0.6) is 0 Å². The average molecular weight is 820 g/mol. The first-order chi connectivity index (χ1) is 27.0. The van der Waals surface area contributed by atoms with Crippen LogP contribution in [0.3, 0.4) is 0 Å². The normalized spacial score (nSPS) is 40.7. The number of nitrogens with zero attached hydrogens (tertiary/aromatic N) is 3. The zero-order chi connectivity index (χ0) is 43.5. The summed E-state index contributed by atoms with van der Waals surface area (Å²) in [4.78, 5) is 48.6. The number of hydrogen-bond donors (Lipinski definition) is 0. The van der Waals surface area contributed by atoms with Crippen LogP contribution in [0.25, 0.3) is 0 Å². The molecule has 1 aromatic heterocycles. The minimum atomic E-state index is -1.52. The molecule has 2 saturated heterocycles. The van der Waals surface area contributed by atoms with Gasteiger partial charge in [-0.15, -0.1) is 0 Å². The van der Waals surface area contributed by atoms with Crippen LogP contribution in [0, 0.1) is 29.1 Å². The number of rotatable bonds is 9. The van der Waals surface area contributed by atoms with Gasteiger partial charge in [0.25, 0.3) is 0 Å². The number of allylic oxidation sites excluding steroid dienone is 1. The second kappa shape index (κ2) is 19.3. The van der Waals surface area contributed by atoms with E-state index in [0.717, 1.165) is 6.42 Å². The second-order valence-electron chi connectivity index (χ2n) is 18.5. The van der Waals surface area contributed by atoms with Gasteiger partial charge in [0.15, 0.2) is 24.0 Å². The van der Waals surface area contributed by atoms with Crippen LogP contribution in [0.4, 0.5) is 4.79 Å². The van der Waals surface area contributed by atoms with Crippen LogP contribution in [-0.4, -0.2) is 127 Å². The third kappa shape index (κ3) is 10.6. The molecular weight excluding hydrogens is 746 g/mol. The van der Waals surface area contributed by atoms with Crippen molar-refractivity contribution >= 4 is 17.8 Å². The lowest BCUT2D eigenvalue weighted by Crippen LogP contribution is -2.59. The van der Waals surface area contributed by atoms with Crippen LogP contribution < -0.4 is 0 Å². The molecule has 1 aromatic rings. The molecule has 0 amide bonds. The van der Waals surface area contributed by atoms with Gasteiger partial charge in [-0.3, -0.25) is 9.59 Å². The molecule has 3 aliphatic rings. The summed E-state index contributed by atoms with van der Waals surface area (Å²) in [7, 11) is 7.43. The topological polar surface area (TPSA) is 146 Å². The lowest BCUT2D eigenvalue weighted by Gasteiger charge is -2.50. The fourth-order valence-corrected chi connectivity index (χ4v) is 9.88. The summed E-state index contributed by atoms with van der Waals surface area (Å²) in [5.41, 5.74) is -2.55. The van der Waals surface area contributed by atoms with Crippen molar-refractivity contribution in [2.24, 2.45) is 29.1 Å². The zero-order valence-corrected chi connectivity index (χ0v) is 38.0. The van der Waals surface area contributed by atoms with Crippen LogP contribution in [0.2, 0.25) is 0 Å². The van der Waals surface area contributed by atoms with E-state index in [1.807, 2.05) is 34.6 Å². The van der Waals surface area contributed by atoms with Gasteiger partial charge in [-0.05, 0) is 92.0 Å². The summed E-state index contributed by atoms with van der Waals surface area (Å²) < 4.78 is 52.8. The fourth-order valence-electron chi connectivity index (χ4n) is 9.88. The molecule has 0 bridgehead atoms. The molecule has 14 nitrogen and oxygen atoms in total. The quantitative estimate of drug-likeness (QED) is 0.240. The highest BCUT2D eigenvalue weighted by Crippen LogP contribution is 2.44. The van der Waals surface area contributed by atoms with Crippen molar-refractivity contribution in [1.29, 1.82) is 0 Å². The Morgan fingerprint density at radius 1 is 0.966 bits per heavy atom. The van der Waals surface area contributed by atoms with E-state index in [1.54, 1.807) is 41.1 Å². The van der Waals surface area contributed by atoms with Gasteiger partial charge in [0.1, 0.15) is 18.5 Å². The standard InChI is InChI=1S/C44H73N3O11/c1-17-33-43(11,58-41(50)47-19-18-45-24-47)22-26(3)35(48)25(2)21-42(9,10)37(57-40-28(5)32(46(13)14)20-27(4)53-40)29(6)36(30(7)39(49)55-33)56-34-23-44(12,52-16)38(51-15)31(8)54-34/h18-19,22,24-25,27-34,36-38,40H,17,20-21,23H2,1-16H3/t25?,27?,28-,29?,30?,31?,32?,33-,34?,36?,37?,38?,40?,43?,44?/m1/s1. The summed E-state index contributed by atoms with van der Waals surface area (Å²) >= 11 is 0. The summed E-state index contributed by atoms with van der Waals surface area (Å²) in [6.45, 7) is 23.2. The molecule has 0 radical (unpaired) electrons. The lowest BCUT2D eigenvalue weighted by atomic mass is 9.70. The molecule has 4 heterocycles. The highest BCUT2D eigenvalue weighted by molar-refractivity contribution is 5.96. The maximum Gasteiger partial charge on any atom is 0.420 e. The Balaban J connectivity index is 1.86. The maximum atomic E-state index is 14.7. The van der Waals surface area contributed by atoms with Gasteiger partial charge >= 0.3 is 12.1 Å². The minimum absolute atomic E-state index is 0.0113. The molecule has 330 valence electrons. The SMILES string of the molecule is CC[C@H]1OC(=O)C(C)C(OC2CC(C)(OC)C(OC)C(C)O2)C(C)C(OC2OC(C)CC(N(C)C)[C@H]2C)C(C)(C)CC(C)C(=O)C(C)=CC1(C)OC(=O)n1ccnc1. The van der Waals surface area contributed by atoms with E-state index >= 15 is 0 Å². The number of esters is 1. The average Bonchev–Trinajstić information content (AvgIpc) is 3.70. The molecule has 13 unspecified atom stereocenters. The number of ketones is 1. The molecule has 0 saturated carbocycles. The van der Waals surface area contributed by atoms with E-state index in [0.29, 0.717) is 18.4 Å². The number of hydrogen-bond acceptors (Lipinski definition) is 13. The Bertz CT molecular complexity index is 1570. The van der Waals surface area contributed by atoms with Crippen molar-refractivity contribution in [2.75, 3.05) is 28.3 Å². The van der Waals surface area contributed by atoms with E-state index in [-0.39, 0.29) is 36.4 Å². The van der Waals surface area contributed by atoms with Gasteiger partial charge in [0, 0.05) is 56.8 Å². The van der Waals surface area contributed by atoms with Crippen molar-refractivity contribution in [3.63, 3.8) is 0 Å². The van der Waals surface area contributed by atoms with Crippen LogP contribution >= 0.6 is 0 Å². The van der Waals surface area contributed by atoms with Crippen molar-refractivity contribution in [3.8, 4) is 0 Å². The summed E-state index contributed by atoms with van der Waals surface area (Å²) in [6.07, 6.45) is 2.51. The number of imidazole rings is 1. The van der Waals surface area contributed by atoms with Gasteiger partial charge < -0.3 is 42.8 Å². The number of ether oxygens (including phenoxy) is 8. The molecule has 14 heteroatoms. The van der Waals surface area contributed by atoms with E-state index in [9.17, 15) is 14.4 Å². The van der Waals surface area contributed by atoms with Gasteiger partial charge in [0.05, 0.1) is 35.9 Å². The van der Waals surface area contributed by atoms with Crippen molar-refractivity contribution in [3.05, 3.63) is 30.4 Å². The first-order valence-corrected chi connectivity index (χ1v) is 21.0. The number of methoxy groups -OCH3 is 2. The smallest absolute Gasteiger partial charge is 0.420 e. The summed E-state index contributed by atoms with van der Waals surface area (Å²) in [5.74, 6) is -2.47. The van der Waals surface area contributed by atoms with Crippen LogP contribution in [0.1, 0.15) is 109 Å². The van der Waals surface area contributed by atoms with E-state index < -0.39 is 83.4 Å². The van der Waals surface area contributed by atoms with Crippen molar-refractivity contribution in [1.82, 2.24) is 14.5 Å². The summed E-state index contributed by atoms with van der Waals surface area (Å²) in [6, 6.07) is 0.209. The third-order valence-electron chi connectivity index (χ3n) is 13.0. The molecule has 3 aliphatic heterocycles. The highest BCUT2D eigenvalue weighted by atomic mass is 16.7. The maximum absolute atomic E-state index is 14.7. The Labute approximate surface area is 346 Å². The molecule has 0 N–H and O–H groups in total. The number of carbonyl (C=O) groups is 3. The Kier molecular flexibility index (Phi) is 16.0. The number of Topliss-reactive ketones (excluding diaryl/α,β-unsaturated/α-hetero) is 1. The van der Waals surface area contributed by atoms with Crippen LogP contribution in [0.15, 0.2) is 30.4 Å². The lowest BCUT2D eigenvalue weighted by molar-refractivity contribution is -0.311. The minimum Gasteiger partial charge on any atom is -0.457 e. The molecule has 58 heavy (non-hydrogen) atoms. The Morgan fingerprint density at radius 3 is 2.21 bits per heavy atom. The number of carbonyl (C=O) groups excluding carboxylic acids is 3. The van der Waals surface area contributed by atoms with Crippen LogP contribution in [-0.2, 0) is 47.5 Å². The predicted molar refractivity (Wildman–Crippen MR) is 218 cm³/mol. The largest absolute Gasteiger partial charge is 0.457 e.